The lowest BCUT2D eigenvalue weighted by Crippen LogP contribution is -2.21. The summed E-state index contributed by atoms with van der Waals surface area (Å²) in [5.74, 6) is -2.33. The average Bonchev–Trinajstić information content (AvgIpc) is 2.71. The van der Waals surface area contributed by atoms with E-state index in [0.29, 0.717) is 16.9 Å². The number of rotatable bonds is 4. The molecule has 0 saturated heterocycles. The van der Waals surface area contributed by atoms with Crippen molar-refractivity contribution in [2.45, 2.75) is 20.0 Å². The quantitative estimate of drug-likeness (QED) is 0.460. The Bertz CT molecular complexity index is 1180. The number of hydrogen-bond acceptors (Lipinski definition) is 4. The first-order valence-corrected chi connectivity index (χ1v) is 9.29. The first kappa shape index (κ1) is 22.7. The Balaban J connectivity index is 1.93. The van der Waals surface area contributed by atoms with Gasteiger partial charge < -0.3 is 20.3 Å². The van der Waals surface area contributed by atoms with E-state index >= 15 is 0 Å². The summed E-state index contributed by atoms with van der Waals surface area (Å²) in [5.41, 5.74) is 0.928. The molecule has 0 saturated carbocycles. The van der Waals surface area contributed by atoms with Crippen molar-refractivity contribution in [2.75, 3.05) is 5.32 Å². The summed E-state index contributed by atoms with van der Waals surface area (Å²) in [4.78, 5) is 22.1. The monoisotopic (exact) mass is 445 g/mol. The molecule has 0 spiro atoms. The summed E-state index contributed by atoms with van der Waals surface area (Å²) in [6.45, 7) is 3.37. The van der Waals surface area contributed by atoms with E-state index in [9.17, 15) is 27.9 Å². The molecule has 0 aromatic heterocycles. The van der Waals surface area contributed by atoms with Gasteiger partial charge in [0.2, 0.25) is 0 Å². The number of anilines is 1. The van der Waals surface area contributed by atoms with Crippen molar-refractivity contribution in [3.63, 3.8) is 0 Å². The van der Waals surface area contributed by atoms with Gasteiger partial charge in [-0.1, -0.05) is 12.1 Å². The Morgan fingerprint density at radius 2 is 1.62 bits per heavy atom. The number of aromatic hydroxyl groups is 1. The summed E-state index contributed by atoms with van der Waals surface area (Å²) < 4.78 is 45.0. The Morgan fingerprint density at radius 1 is 0.969 bits per heavy atom. The van der Waals surface area contributed by atoms with Crippen molar-refractivity contribution < 1.29 is 37.7 Å². The number of carboxylic acids is 1. The topological polar surface area (TPSA) is 95.9 Å². The summed E-state index contributed by atoms with van der Waals surface area (Å²) >= 11 is 0. The lowest BCUT2D eigenvalue weighted by molar-refractivity contribution is -0.147. The van der Waals surface area contributed by atoms with Gasteiger partial charge in [-0.05, 0) is 73.0 Å². The summed E-state index contributed by atoms with van der Waals surface area (Å²) in [6, 6.07) is 11.8. The number of halogens is 3. The molecule has 3 aromatic carbocycles. The number of phenols is 1. The molecule has 3 N–H and O–H groups in total. The van der Waals surface area contributed by atoms with E-state index in [-0.39, 0.29) is 28.3 Å². The predicted molar refractivity (Wildman–Crippen MR) is 111 cm³/mol. The minimum absolute atomic E-state index is 0.161. The van der Waals surface area contributed by atoms with E-state index in [2.05, 4.69) is 5.32 Å². The van der Waals surface area contributed by atoms with Gasteiger partial charge in [0.05, 0.1) is 5.56 Å². The molecule has 0 unspecified atom stereocenters. The van der Waals surface area contributed by atoms with Crippen LogP contribution in [0.3, 0.4) is 0 Å². The lowest BCUT2D eigenvalue weighted by Gasteiger charge is -2.15. The van der Waals surface area contributed by atoms with Crippen LogP contribution < -0.4 is 10.1 Å². The van der Waals surface area contributed by atoms with Crippen molar-refractivity contribution in [3.8, 4) is 28.4 Å². The zero-order chi connectivity index (χ0) is 23.6. The molecule has 1 amide bonds. The summed E-state index contributed by atoms with van der Waals surface area (Å²) in [5, 5.41) is 21.2. The number of hydrogen-bond donors (Lipinski definition) is 3. The maximum atomic E-state index is 13.0. The molecular formula is C23H18F3NO5. The third-order valence-electron chi connectivity index (χ3n) is 4.60. The molecule has 0 aliphatic rings. The SMILES string of the molecule is Cc1cc(NC(=O)C(=O)O)cc(C)c1Oc1ccc(O)c(-c2cccc(C(F)(F)F)c2)c1. The van der Waals surface area contributed by atoms with Crippen LogP contribution in [-0.2, 0) is 15.8 Å². The van der Waals surface area contributed by atoms with Crippen LogP contribution in [0.15, 0.2) is 54.6 Å². The van der Waals surface area contributed by atoms with Gasteiger partial charge in [0.25, 0.3) is 0 Å². The van der Waals surface area contributed by atoms with E-state index < -0.39 is 23.6 Å². The second-order valence-corrected chi connectivity index (χ2v) is 7.06. The third kappa shape index (κ3) is 5.00. The highest BCUT2D eigenvalue weighted by molar-refractivity contribution is 6.36. The second kappa shape index (κ2) is 8.62. The number of carboxylic acid groups (broad SMARTS) is 1. The van der Waals surface area contributed by atoms with Crippen LogP contribution in [0.4, 0.5) is 18.9 Å². The fourth-order valence-electron chi connectivity index (χ4n) is 3.16. The van der Waals surface area contributed by atoms with Gasteiger partial charge in [-0.2, -0.15) is 13.2 Å². The lowest BCUT2D eigenvalue weighted by atomic mass is 10.0. The van der Waals surface area contributed by atoms with Crippen LogP contribution in [-0.4, -0.2) is 22.1 Å². The Hall–Kier alpha value is -4.01. The number of ether oxygens (including phenoxy) is 1. The van der Waals surface area contributed by atoms with E-state index in [1.165, 1.54) is 42.5 Å². The smallest absolute Gasteiger partial charge is 0.416 e. The summed E-state index contributed by atoms with van der Waals surface area (Å²) in [7, 11) is 0. The summed E-state index contributed by atoms with van der Waals surface area (Å²) in [6.07, 6.45) is -4.52. The highest BCUT2D eigenvalue weighted by Gasteiger charge is 2.30. The molecule has 3 aromatic rings. The minimum atomic E-state index is -4.52. The Kier molecular flexibility index (Phi) is 6.11. The van der Waals surface area contributed by atoms with Crippen molar-refractivity contribution in [1.82, 2.24) is 0 Å². The molecule has 166 valence electrons. The van der Waals surface area contributed by atoms with Gasteiger partial charge in [-0.25, -0.2) is 4.79 Å². The number of amides is 1. The maximum absolute atomic E-state index is 13.0. The molecule has 9 heteroatoms. The number of nitrogens with one attached hydrogen (secondary N) is 1. The van der Waals surface area contributed by atoms with Gasteiger partial charge in [-0.15, -0.1) is 0 Å². The molecule has 0 atom stereocenters. The number of phenolic OH excluding ortho intramolecular Hbond substituents is 1. The Morgan fingerprint density at radius 3 is 2.22 bits per heavy atom. The van der Waals surface area contributed by atoms with Crippen molar-refractivity contribution in [3.05, 3.63) is 71.3 Å². The van der Waals surface area contributed by atoms with E-state index in [4.69, 9.17) is 9.84 Å². The number of aliphatic carboxylic acids is 1. The zero-order valence-corrected chi connectivity index (χ0v) is 16.9. The average molecular weight is 445 g/mol. The van der Waals surface area contributed by atoms with Crippen LogP contribution in [0, 0.1) is 13.8 Å². The van der Waals surface area contributed by atoms with Gasteiger partial charge in [0, 0.05) is 11.3 Å². The molecule has 0 radical (unpaired) electrons. The van der Waals surface area contributed by atoms with Crippen molar-refractivity contribution >= 4 is 17.6 Å². The second-order valence-electron chi connectivity index (χ2n) is 7.06. The molecule has 32 heavy (non-hydrogen) atoms. The fraction of sp³-hybridized carbons (Fsp3) is 0.130. The first-order chi connectivity index (χ1) is 15.0. The zero-order valence-electron chi connectivity index (χ0n) is 16.9. The number of benzene rings is 3. The molecule has 0 fully saturated rings. The largest absolute Gasteiger partial charge is 0.507 e. The van der Waals surface area contributed by atoms with Crippen LogP contribution >= 0.6 is 0 Å². The molecule has 0 heterocycles. The number of carbonyl (C=O) groups excluding carboxylic acids is 1. The molecule has 3 rings (SSSR count). The third-order valence-corrected chi connectivity index (χ3v) is 4.60. The van der Waals surface area contributed by atoms with Gasteiger partial charge in [0.1, 0.15) is 17.2 Å². The predicted octanol–water partition coefficient (Wildman–Crippen LogP) is 5.51. The Labute approximate surface area is 180 Å². The highest BCUT2D eigenvalue weighted by Crippen LogP contribution is 2.38. The number of alkyl halides is 3. The standard InChI is InChI=1S/C23H18F3NO5/c1-12-8-16(27-21(29)22(30)31)9-13(2)20(12)32-17-6-7-19(28)18(11-17)14-4-3-5-15(10-14)23(24,25)26/h3-11,28H,1-2H3,(H,27,29)(H,30,31). The molecular weight excluding hydrogens is 427 g/mol. The van der Waals surface area contributed by atoms with Crippen LogP contribution in [0.25, 0.3) is 11.1 Å². The van der Waals surface area contributed by atoms with Crippen molar-refractivity contribution in [2.24, 2.45) is 0 Å². The van der Waals surface area contributed by atoms with Crippen LogP contribution in [0.5, 0.6) is 17.2 Å². The molecule has 0 bridgehead atoms. The molecule has 6 nitrogen and oxygen atoms in total. The van der Waals surface area contributed by atoms with Gasteiger partial charge >= 0.3 is 18.1 Å². The number of carbonyl (C=O) groups is 2. The van der Waals surface area contributed by atoms with Crippen molar-refractivity contribution in [1.29, 1.82) is 0 Å². The van der Waals surface area contributed by atoms with E-state index in [1.54, 1.807) is 13.8 Å². The minimum Gasteiger partial charge on any atom is -0.507 e. The fourth-order valence-corrected chi connectivity index (χ4v) is 3.16. The normalized spacial score (nSPS) is 11.2. The molecule has 0 aliphatic carbocycles. The molecule has 0 aliphatic heterocycles. The highest BCUT2D eigenvalue weighted by atomic mass is 19.4. The van der Waals surface area contributed by atoms with Gasteiger partial charge in [-0.3, -0.25) is 4.79 Å². The van der Waals surface area contributed by atoms with Gasteiger partial charge in [0.15, 0.2) is 0 Å². The van der Waals surface area contributed by atoms with E-state index in [0.717, 1.165) is 12.1 Å². The van der Waals surface area contributed by atoms with E-state index in [1.807, 2.05) is 0 Å². The number of aryl methyl sites for hydroxylation is 2. The van der Waals surface area contributed by atoms with Crippen LogP contribution in [0.2, 0.25) is 0 Å². The first-order valence-electron chi connectivity index (χ1n) is 9.29. The van der Waals surface area contributed by atoms with Crippen LogP contribution in [0.1, 0.15) is 16.7 Å². The maximum Gasteiger partial charge on any atom is 0.416 e.